The first-order valence-corrected chi connectivity index (χ1v) is 6.71. The van der Waals surface area contributed by atoms with Gasteiger partial charge in [-0.2, -0.15) is 0 Å². The average molecular weight is 254 g/mol. The molecule has 0 spiro atoms. The van der Waals surface area contributed by atoms with Gasteiger partial charge in [-0.3, -0.25) is 9.69 Å². The number of likely N-dealkylation sites (N-methyl/N-ethyl adjacent to an activating group) is 1. The zero-order valence-electron chi connectivity index (χ0n) is 10.1. The van der Waals surface area contributed by atoms with Crippen LogP contribution in [0.3, 0.4) is 0 Å². The van der Waals surface area contributed by atoms with Gasteiger partial charge in [0, 0.05) is 24.5 Å². The highest BCUT2D eigenvalue weighted by Crippen LogP contribution is 2.23. The summed E-state index contributed by atoms with van der Waals surface area (Å²) in [5.74, 6) is 0.151. The molecule has 2 rings (SSSR count). The largest absolute Gasteiger partial charge is 0.395 e. The molecule has 0 aromatic carbocycles. The Labute approximate surface area is 105 Å². The van der Waals surface area contributed by atoms with Crippen LogP contribution < -0.4 is 0 Å². The number of amides is 1. The number of carbonyl (C=O) groups excluding carboxylic acids is 1. The van der Waals surface area contributed by atoms with Crippen LogP contribution in [-0.2, 0) is 17.8 Å². The Morgan fingerprint density at radius 3 is 3.24 bits per heavy atom. The van der Waals surface area contributed by atoms with E-state index in [0.29, 0.717) is 13.1 Å². The van der Waals surface area contributed by atoms with Gasteiger partial charge in [-0.05, 0) is 30.5 Å². The Kier molecular flexibility index (Phi) is 4.15. The van der Waals surface area contributed by atoms with E-state index in [1.807, 2.05) is 16.8 Å². The van der Waals surface area contributed by atoms with Crippen molar-refractivity contribution in [2.75, 3.05) is 33.3 Å². The Hall–Kier alpha value is -0.910. The smallest absolute Gasteiger partial charge is 0.237 e. The molecule has 0 fully saturated rings. The molecule has 1 amide bonds. The zero-order valence-corrected chi connectivity index (χ0v) is 10.9. The Balaban J connectivity index is 1.90. The van der Waals surface area contributed by atoms with Gasteiger partial charge < -0.3 is 10.0 Å². The molecule has 0 bridgehead atoms. The summed E-state index contributed by atoms with van der Waals surface area (Å²) in [5.41, 5.74) is 1.29. The van der Waals surface area contributed by atoms with Crippen molar-refractivity contribution in [1.29, 1.82) is 0 Å². The van der Waals surface area contributed by atoms with Crippen molar-refractivity contribution in [2.24, 2.45) is 0 Å². The summed E-state index contributed by atoms with van der Waals surface area (Å²) < 4.78 is 0. The highest BCUT2D eigenvalue weighted by atomic mass is 32.1. The van der Waals surface area contributed by atoms with Gasteiger partial charge in [-0.1, -0.05) is 0 Å². The molecule has 0 saturated carbocycles. The van der Waals surface area contributed by atoms with Crippen LogP contribution in [0.2, 0.25) is 0 Å². The second kappa shape index (κ2) is 5.62. The normalized spacial score (nSPS) is 15.1. The molecule has 1 aliphatic rings. The number of aliphatic hydroxyl groups is 1. The van der Waals surface area contributed by atoms with Crippen LogP contribution >= 0.6 is 11.3 Å². The van der Waals surface area contributed by atoms with Gasteiger partial charge in [-0.25, -0.2) is 0 Å². The summed E-state index contributed by atoms with van der Waals surface area (Å²) in [7, 11) is 1.86. The quantitative estimate of drug-likeness (QED) is 0.853. The molecule has 5 heteroatoms. The maximum atomic E-state index is 12.0. The minimum Gasteiger partial charge on any atom is -0.395 e. The summed E-state index contributed by atoms with van der Waals surface area (Å²) in [4.78, 5) is 17.2. The molecular weight excluding hydrogens is 236 g/mol. The molecule has 2 heterocycles. The van der Waals surface area contributed by atoms with Crippen LogP contribution in [0.15, 0.2) is 11.4 Å². The molecule has 0 saturated heterocycles. The van der Waals surface area contributed by atoms with Crippen molar-refractivity contribution in [2.45, 2.75) is 13.0 Å². The van der Waals surface area contributed by atoms with Gasteiger partial charge in [0.1, 0.15) is 0 Å². The number of thiophene rings is 1. The van der Waals surface area contributed by atoms with Crippen molar-refractivity contribution in [1.82, 2.24) is 9.80 Å². The van der Waals surface area contributed by atoms with E-state index in [9.17, 15) is 4.79 Å². The van der Waals surface area contributed by atoms with E-state index in [2.05, 4.69) is 11.4 Å². The molecule has 0 radical (unpaired) electrons. The second-order valence-corrected chi connectivity index (χ2v) is 5.40. The fraction of sp³-hybridized carbons (Fsp3) is 0.583. The van der Waals surface area contributed by atoms with Crippen LogP contribution in [0.4, 0.5) is 0 Å². The number of fused-ring (bicyclic) bond motifs is 1. The van der Waals surface area contributed by atoms with E-state index in [1.165, 1.54) is 10.4 Å². The number of rotatable bonds is 4. The Morgan fingerprint density at radius 2 is 2.47 bits per heavy atom. The van der Waals surface area contributed by atoms with Gasteiger partial charge in [0.05, 0.1) is 13.2 Å². The zero-order chi connectivity index (χ0) is 12.3. The van der Waals surface area contributed by atoms with Crippen molar-refractivity contribution in [3.05, 3.63) is 21.9 Å². The van der Waals surface area contributed by atoms with Gasteiger partial charge in [0.25, 0.3) is 0 Å². The summed E-state index contributed by atoms with van der Waals surface area (Å²) in [6, 6.07) is 2.11. The summed E-state index contributed by atoms with van der Waals surface area (Å²) in [6.07, 6.45) is 0.975. The van der Waals surface area contributed by atoms with Crippen LogP contribution in [0.25, 0.3) is 0 Å². The van der Waals surface area contributed by atoms with E-state index >= 15 is 0 Å². The fourth-order valence-corrected chi connectivity index (χ4v) is 2.93. The first kappa shape index (κ1) is 12.5. The van der Waals surface area contributed by atoms with E-state index in [4.69, 9.17) is 5.11 Å². The SMILES string of the molecule is CN(CCO)CC(=O)N1CCc2sccc2C1. The monoisotopic (exact) mass is 254 g/mol. The van der Waals surface area contributed by atoms with Crippen LogP contribution in [0, 0.1) is 0 Å². The van der Waals surface area contributed by atoms with Gasteiger partial charge >= 0.3 is 0 Å². The molecule has 94 valence electrons. The highest BCUT2D eigenvalue weighted by Gasteiger charge is 2.21. The number of aliphatic hydroxyl groups excluding tert-OH is 1. The van der Waals surface area contributed by atoms with Crippen LogP contribution in [0.1, 0.15) is 10.4 Å². The molecule has 1 aliphatic heterocycles. The number of nitrogens with zero attached hydrogens (tertiary/aromatic N) is 2. The molecule has 1 aromatic rings. The number of hydrogen-bond acceptors (Lipinski definition) is 4. The second-order valence-electron chi connectivity index (χ2n) is 4.40. The van der Waals surface area contributed by atoms with Gasteiger partial charge in [0.2, 0.25) is 5.91 Å². The molecule has 17 heavy (non-hydrogen) atoms. The third-order valence-corrected chi connectivity index (χ3v) is 4.07. The van der Waals surface area contributed by atoms with Crippen LogP contribution in [0.5, 0.6) is 0 Å². The number of carbonyl (C=O) groups is 1. The lowest BCUT2D eigenvalue weighted by Crippen LogP contribution is -2.41. The Morgan fingerprint density at radius 1 is 1.65 bits per heavy atom. The van der Waals surface area contributed by atoms with E-state index in [-0.39, 0.29) is 12.5 Å². The fourth-order valence-electron chi connectivity index (χ4n) is 2.04. The topological polar surface area (TPSA) is 43.8 Å². The van der Waals surface area contributed by atoms with Crippen molar-refractivity contribution in [3.8, 4) is 0 Å². The van der Waals surface area contributed by atoms with Crippen molar-refractivity contribution in [3.63, 3.8) is 0 Å². The lowest BCUT2D eigenvalue weighted by Gasteiger charge is -2.28. The molecule has 0 aliphatic carbocycles. The molecule has 1 N–H and O–H groups in total. The molecule has 1 aromatic heterocycles. The van der Waals surface area contributed by atoms with Crippen molar-refractivity contribution >= 4 is 17.2 Å². The van der Waals surface area contributed by atoms with Crippen molar-refractivity contribution < 1.29 is 9.90 Å². The standard InChI is InChI=1S/C12H18N2O2S/c1-13(5-6-15)9-12(16)14-4-2-11-10(8-14)3-7-17-11/h3,7,15H,2,4-6,8-9H2,1H3. The Bertz CT molecular complexity index is 392. The van der Waals surface area contributed by atoms with Crippen LogP contribution in [-0.4, -0.2) is 54.1 Å². The van der Waals surface area contributed by atoms with E-state index in [1.54, 1.807) is 11.3 Å². The van der Waals surface area contributed by atoms with Gasteiger partial charge in [0.15, 0.2) is 0 Å². The number of hydrogen-bond donors (Lipinski definition) is 1. The molecule has 0 atom stereocenters. The van der Waals surface area contributed by atoms with E-state index in [0.717, 1.165) is 19.5 Å². The maximum absolute atomic E-state index is 12.0. The minimum absolute atomic E-state index is 0.0957. The third-order valence-electron chi connectivity index (χ3n) is 3.05. The predicted molar refractivity (Wildman–Crippen MR) is 68.0 cm³/mol. The van der Waals surface area contributed by atoms with Gasteiger partial charge in [-0.15, -0.1) is 11.3 Å². The molecule has 4 nitrogen and oxygen atoms in total. The van der Waals surface area contributed by atoms with E-state index < -0.39 is 0 Å². The first-order chi connectivity index (χ1) is 8.20. The average Bonchev–Trinajstić information content (AvgIpc) is 2.75. The summed E-state index contributed by atoms with van der Waals surface area (Å²) in [5, 5.41) is 10.9. The predicted octanol–water partition coefficient (Wildman–Crippen LogP) is 0.557. The summed E-state index contributed by atoms with van der Waals surface area (Å²) in [6.45, 7) is 2.59. The molecule has 0 unspecified atom stereocenters. The summed E-state index contributed by atoms with van der Waals surface area (Å²) >= 11 is 1.78. The third kappa shape index (κ3) is 3.06. The molecular formula is C12H18N2O2S. The lowest BCUT2D eigenvalue weighted by atomic mass is 10.1. The first-order valence-electron chi connectivity index (χ1n) is 5.83. The lowest BCUT2D eigenvalue weighted by molar-refractivity contribution is -0.133. The highest BCUT2D eigenvalue weighted by molar-refractivity contribution is 7.10. The maximum Gasteiger partial charge on any atom is 0.237 e. The minimum atomic E-state index is 0.0957.